The van der Waals surface area contributed by atoms with Gasteiger partial charge in [-0.25, -0.2) is 4.39 Å². The van der Waals surface area contributed by atoms with Crippen molar-refractivity contribution in [3.63, 3.8) is 0 Å². The van der Waals surface area contributed by atoms with Gasteiger partial charge in [-0.3, -0.25) is 8.98 Å². The molecule has 1 aliphatic rings. The fourth-order valence-corrected chi connectivity index (χ4v) is 5.26. The largest absolute Gasteiger partial charge is 0.338 e. The quantitative estimate of drug-likeness (QED) is 0.324. The predicted octanol–water partition coefficient (Wildman–Crippen LogP) is 6.30. The van der Waals surface area contributed by atoms with E-state index in [2.05, 4.69) is 0 Å². The second kappa shape index (κ2) is 9.59. The highest BCUT2D eigenvalue weighted by atomic mass is 35.5. The van der Waals surface area contributed by atoms with Crippen molar-refractivity contribution in [2.75, 3.05) is 19.7 Å². The maximum Gasteiger partial charge on any atom is 0.298 e. The number of carbonyl (C=O) groups is 1. The Bertz CT molecular complexity index is 1120. The van der Waals surface area contributed by atoms with Crippen molar-refractivity contribution in [3.05, 3.63) is 61.0 Å². The molecule has 31 heavy (non-hydrogen) atoms. The molecule has 1 aliphatic heterocycles. The molecule has 0 unspecified atom stereocenters. The summed E-state index contributed by atoms with van der Waals surface area (Å²) >= 11 is 29.4. The van der Waals surface area contributed by atoms with Crippen molar-refractivity contribution in [1.29, 1.82) is 0 Å². The third kappa shape index (κ3) is 5.77. The Balaban J connectivity index is 1.63. The molecule has 0 aromatic heterocycles. The van der Waals surface area contributed by atoms with Gasteiger partial charge in [0.25, 0.3) is 16.0 Å². The number of piperidine rings is 1. The number of hydrogen-bond donors (Lipinski definition) is 0. The Labute approximate surface area is 204 Å². The molecule has 3 rings (SSSR count). The molecule has 1 heterocycles. The Kier molecular flexibility index (Phi) is 7.69. The van der Waals surface area contributed by atoms with E-state index < -0.39 is 27.3 Å². The lowest BCUT2D eigenvalue weighted by molar-refractivity contribution is 0.0186. The number of rotatable bonds is 5. The maximum absolute atomic E-state index is 15.2. The Morgan fingerprint density at radius 1 is 0.935 bits per heavy atom. The van der Waals surface area contributed by atoms with E-state index in [9.17, 15) is 13.2 Å². The molecule has 2 aromatic carbocycles. The fourth-order valence-electron chi connectivity index (χ4n) is 3.01. The summed E-state index contributed by atoms with van der Waals surface area (Å²) in [6.45, 7) is -0.570. The van der Waals surface area contributed by atoms with Crippen LogP contribution in [0.5, 0.6) is 0 Å². The molecule has 1 saturated heterocycles. The number of carbonyl (C=O) groups excluding carboxylic acids is 1. The first kappa shape index (κ1) is 24.8. The van der Waals surface area contributed by atoms with Crippen LogP contribution in [0.1, 0.15) is 23.2 Å². The van der Waals surface area contributed by atoms with Crippen LogP contribution in [0.4, 0.5) is 4.39 Å². The summed E-state index contributed by atoms with van der Waals surface area (Å²) in [5.41, 5.74) is -1.61. The van der Waals surface area contributed by atoms with E-state index >= 15 is 4.39 Å². The van der Waals surface area contributed by atoms with Crippen LogP contribution in [0.2, 0.25) is 25.1 Å². The summed E-state index contributed by atoms with van der Waals surface area (Å²) in [4.78, 5) is 13.7. The second-order valence-electron chi connectivity index (χ2n) is 6.99. The Hall–Kier alpha value is -0.800. The van der Waals surface area contributed by atoms with Gasteiger partial charge in [-0.05, 0) is 30.3 Å². The number of likely N-dealkylation sites (tertiary alicyclic amines) is 1. The van der Waals surface area contributed by atoms with Gasteiger partial charge in [0, 0.05) is 31.5 Å². The van der Waals surface area contributed by atoms with E-state index in [4.69, 9.17) is 62.2 Å². The number of hydrogen-bond acceptors (Lipinski definition) is 4. The van der Waals surface area contributed by atoms with Crippen molar-refractivity contribution in [2.45, 2.75) is 23.4 Å². The molecule has 0 N–H and O–H groups in total. The summed E-state index contributed by atoms with van der Waals surface area (Å²) in [7, 11) is -4.37. The Morgan fingerprint density at radius 3 is 2.13 bits per heavy atom. The molecule has 0 spiro atoms. The van der Waals surface area contributed by atoms with Gasteiger partial charge < -0.3 is 4.90 Å². The zero-order chi connectivity index (χ0) is 23.0. The van der Waals surface area contributed by atoms with Crippen LogP contribution in [-0.2, 0) is 14.3 Å². The van der Waals surface area contributed by atoms with E-state index in [1.165, 1.54) is 29.2 Å². The summed E-state index contributed by atoms with van der Waals surface area (Å²) in [6, 6.07) is 6.70. The minimum absolute atomic E-state index is 0.0303. The summed E-state index contributed by atoms with van der Waals surface area (Å²) in [5.74, 6) is -0.322. The topological polar surface area (TPSA) is 63.7 Å². The SMILES string of the molecule is O=C(c1ccc(Cl)c(Cl)c1)N1CCC(F)(COS(=O)(=O)c2cc(Cl)c(Cl)cc2Cl)CC1. The number of benzene rings is 2. The molecule has 1 amide bonds. The van der Waals surface area contributed by atoms with Crippen molar-refractivity contribution in [3.8, 4) is 0 Å². The molecule has 0 atom stereocenters. The highest BCUT2D eigenvalue weighted by molar-refractivity contribution is 7.86. The minimum atomic E-state index is -4.37. The van der Waals surface area contributed by atoms with Gasteiger partial charge in [0.2, 0.25) is 0 Å². The monoisotopic (exact) mass is 547 g/mol. The van der Waals surface area contributed by atoms with Crippen LogP contribution in [0.3, 0.4) is 0 Å². The molecular weight excluding hydrogens is 535 g/mol. The molecule has 168 valence electrons. The molecule has 5 nitrogen and oxygen atoms in total. The first-order valence-corrected chi connectivity index (χ1v) is 12.2. The van der Waals surface area contributed by atoms with E-state index in [0.717, 1.165) is 6.07 Å². The van der Waals surface area contributed by atoms with Gasteiger partial charge in [0.15, 0.2) is 0 Å². The zero-order valence-corrected chi connectivity index (χ0v) is 20.3. The lowest BCUT2D eigenvalue weighted by Crippen LogP contribution is -2.46. The van der Waals surface area contributed by atoms with Crippen LogP contribution >= 0.6 is 58.0 Å². The van der Waals surface area contributed by atoms with Crippen molar-refractivity contribution >= 4 is 74.0 Å². The lowest BCUT2D eigenvalue weighted by Gasteiger charge is -2.36. The van der Waals surface area contributed by atoms with Crippen LogP contribution < -0.4 is 0 Å². The van der Waals surface area contributed by atoms with Gasteiger partial charge in [-0.2, -0.15) is 8.42 Å². The van der Waals surface area contributed by atoms with Crippen molar-refractivity contribution in [1.82, 2.24) is 4.90 Å². The molecule has 1 fully saturated rings. The van der Waals surface area contributed by atoms with E-state index in [0.29, 0.717) is 10.6 Å². The third-order valence-electron chi connectivity index (χ3n) is 4.83. The van der Waals surface area contributed by atoms with Crippen LogP contribution in [-0.4, -0.2) is 44.6 Å². The second-order valence-corrected chi connectivity index (χ2v) is 10.6. The average Bonchev–Trinajstić information content (AvgIpc) is 2.71. The number of halogens is 6. The summed E-state index contributed by atoms with van der Waals surface area (Å²) in [5, 5.41) is 0.414. The van der Waals surface area contributed by atoms with Gasteiger partial charge in [0.1, 0.15) is 17.2 Å². The molecule has 0 radical (unpaired) electrons. The summed E-state index contributed by atoms with van der Waals surface area (Å²) in [6.07, 6.45) is -0.213. The summed E-state index contributed by atoms with van der Waals surface area (Å²) < 4.78 is 45.0. The van der Waals surface area contributed by atoms with Gasteiger partial charge in [0.05, 0.1) is 25.1 Å². The first-order valence-electron chi connectivity index (χ1n) is 8.89. The third-order valence-corrected chi connectivity index (χ3v) is 8.02. The van der Waals surface area contributed by atoms with Gasteiger partial charge >= 0.3 is 0 Å². The zero-order valence-electron chi connectivity index (χ0n) is 15.7. The molecule has 2 aromatic rings. The van der Waals surface area contributed by atoms with Gasteiger partial charge in [-0.15, -0.1) is 0 Å². The van der Waals surface area contributed by atoms with Gasteiger partial charge in [-0.1, -0.05) is 58.0 Å². The number of alkyl halides is 1. The first-order chi connectivity index (χ1) is 14.4. The standard InChI is InChI=1S/C19H15Cl5FNO4S/c20-12-2-1-11(7-13(12)21)18(27)26-5-3-19(25,4-6-26)10-30-31(28,29)17-9-15(23)14(22)8-16(17)24/h1-2,7-9H,3-6,10H2. The smallest absolute Gasteiger partial charge is 0.298 e. The highest BCUT2D eigenvalue weighted by Gasteiger charge is 2.38. The predicted molar refractivity (Wildman–Crippen MR) is 120 cm³/mol. The van der Waals surface area contributed by atoms with Crippen LogP contribution in [0, 0.1) is 0 Å². The Morgan fingerprint density at radius 2 is 1.52 bits per heavy atom. The van der Waals surface area contributed by atoms with Crippen LogP contribution in [0.25, 0.3) is 0 Å². The highest BCUT2D eigenvalue weighted by Crippen LogP contribution is 2.34. The van der Waals surface area contributed by atoms with Crippen molar-refractivity contribution < 1.29 is 21.8 Å². The van der Waals surface area contributed by atoms with E-state index in [-0.39, 0.29) is 51.9 Å². The lowest BCUT2D eigenvalue weighted by atomic mass is 9.94. The molecule has 12 heteroatoms. The number of nitrogens with zero attached hydrogens (tertiary/aromatic N) is 1. The minimum Gasteiger partial charge on any atom is -0.338 e. The van der Waals surface area contributed by atoms with E-state index in [1.54, 1.807) is 0 Å². The fraction of sp³-hybridized carbons (Fsp3) is 0.316. The van der Waals surface area contributed by atoms with Crippen molar-refractivity contribution in [2.24, 2.45) is 0 Å². The number of amides is 1. The van der Waals surface area contributed by atoms with Crippen LogP contribution in [0.15, 0.2) is 35.2 Å². The van der Waals surface area contributed by atoms with E-state index in [1.807, 2.05) is 0 Å². The normalized spacial score (nSPS) is 16.4. The molecule has 0 saturated carbocycles. The molecule has 0 aliphatic carbocycles. The maximum atomic E-state index is 15.2. The molecular formula is C19H15Cl5FNO4S. The molecule has 0 bridgehead atoms. The average molecular weight is 550 g/mol.